The maximum Gasteiger partial charge on any atom is 0.405 e. The Bertz CT molecular complexity index is 539. The summed E-state index contributed by atoms with van der Waals surface area (Å²) in [5.74, 6) is -0.410. The first-order valence-corrected chi connectivity index (χ1v) is 8.18. The minimum atomic E-state index is -4.36. The van der Waals surface area contributed by atoms with Crippen LogP contribution in [-0.4, -0.2) is 55.7 Å². The number of rotatable bonds is 5. The standard InChI is InChI=1S/C15H19BrF3N3O.ClH/c16-12-3-1-2-11(8-12)9-14(23)21-10-13(15(17,18)19)22-6-4-20-5-7-22;/h1-3,8,13,20H,4-7,9-10H2,(H,21,23);1H. The van der Waals surface area contributed by atoms with Gasteiger partial charge in [0.2, 0.25) is 5.91 Å². The molecule has 24 heavy (non-hydrogen) atoms. The molecule has 1 amide bonds. The molecule has 4 nitrogen and oxygen atoms in total. The molecule has 0 saturated carbocycles. The van der Waals surface area contributed by atoms with Gasteiger partial charge in [-0.2, -0.15) is 13.2 Å². The quantitative estimate of drug-likeness (QED) is 0.754. The van der Waals surface area contributed by atoms with Crippen LogP contribution in [0.5, 0.6) is 0 Å². The van der Waals surface area contributed by atoms with E-state index < -0.39 is 24.7 Å². The van der Waals surface area contributed by atoms with Crippen LogP contribution in [0, 0.1) is 0 Å². The smallest absolute Gasteiger partial charge is 0.354 e. The van der Waals surface area contributed by atoms with Crippen LogP contribution in [0.3, 0.4) is 0 Å². The maximum atomic E-state index is 13.2. The lowest BCUT2D eigenvalue weighted by molar-refractivity contribution is -0.184. The molecule has 136 valence electrons. The minimum absolute atomic E-state index is 0. The third kappa shape index (κ3) is 6.58. The van der Waals surface area contributed by atoms with Gasteiger partial charge in [-0.3, -0.25) is 9.69 Å². The van der Waals surface area contributed by atoms with E-state index in [1.54, 1.807) is 18.2 Å². The number of carbonyl (C=O) groups is 1. The van der Waals surface area contributed by atoms with E-state index >= 15 is 0 Å². The number of piperazine rings is 1. The van der Waals surface area contributed by atoms with E-state index in [4.69, 9.17) is 0 Å². The molecule has 1 unspecified atom stereocenters. The molecule has 0 aliphatic carbocycles. The van der Waals surface area contributed by atoms with Crippen LogP contribution in [0.25, 0.3) is 0 Å². The molecule has 1 atom stereocenters. The second-order valence-corrected chi connectivity index (χ2v) is 6.37. The molecule has 1 aromatic rings. The van der Waals surface area contributed by atoms with Gasteiger partial charge in [-0.15, -0.1) is 12.4 Å². The van der Waals surface area contributed by atoms with Crippen molar-refractivity contribution >= 4 is 34.2 Å². The van der Waals surface area contributed by atoms with Crippen molar-refractivity contribution in [2.75, 3.05) is 32.7 Å². The lowest BCUT2D eigenvalue weighted by Crippen LogP contribution is -2.57. The number of alkyl halides is 3. The first-order chi connectivity index (χ1) is 10.9. The zero-order valence-corrected chi connectivity index (χ0v) is 15.3. The Balaban J connectivity index is 0.00000288. The van der Waals surface area contributed by atoms with Crippen LogP contribution in [0.15, 0.2) is 28.7 Å². The minimum Gasteiger partial charge on any atom is -0.354 e. The molecule has 0 radical (unpaired) electrons. The Kier molecular flexibility index (Phi) is 8.49. The van der Waals surface area contributed by atoms with Gasteiger partial charge in [-0.25, -0.2) is 0 Å². The highest BCUT2D eigenvalue weighted by Crippen LogP contribution is 2.24. The molecule has 9 heteroatoms. The SMILES string of the molecule is Cl.O=C(Cc1cccc(Br)c1)NCC(N1CCNCC1)C(F)(F)F. The molecular weight excluding hydrogens is 411 g/mol. The monoisotopic (exact) mass is 429 g/mol. The van der Waals surface area contributed by atoms with E-state index in [-0.39, 0.29) is 18.8 Å². The molecule has 1 aromatic carbocycles. The zero-order valence-electron chi connectivity index (χ0n) is 12.9. The van der Waals surface area contributed by atoms with Crippen molar-refractivity contribution in [2.24, 2.45) is 0 Å². The van der Waals surface area contributed by atoms with Crippen LogP contribution in [-0.2, 0) is 11.2 Å². The number of nitrogens with zero attached hydrogens (tertiary/aromatic N) is 1. The molecule has 1 aliphatic heterocycles. The molecular formula is C15H20BrClF3N3O. The highest BCUT2D eigenvalue weighted by atomic mass is 79.9. The molecule has 2 N–H and O–H groups in total. The van der Waals surface area contributed by atoms with Crippen LogP contribution in [0.4, 0.5) is 13.2 Å². The number of amides is 1. The Morgan fingerprint density at radius 1 is 1.33 bits per heavy atom. The van der Waals surface area contributed by atoms with E-state index in [0.29, 0.717) is 26.2 Å². The van der Waals surface area contributed by atoms with Gasteiger partial charge in [0.05, 0.1) is 6.42 Å². The van der Waals surface area contributed by atoms with Gasteiger partial charge in [0.15, 0.2) is 0 Å². The van der Waals surface area contributed by atoms with Gasteiger partial charge < -0.3 is 10.6 Å². The van der Waals surface area contributed by atoms with Gasteiger partial charge in [0.1, 0.15) is 6.04 Å². The van der Waals surface area contributed by atoms with E-state index in [2.05, 4.69) is 26.6 Å². The highest BCUT2D eigenvalue weighted by Gasteiger charge is 2.43. The highest BCUT2D eigenvalue weighted by molar-refractivity contribution is 9.10. The number of carbonyl (C=O) groups excluding carboxylic acids is 1. The Labute approximate surface area is 153 Å². The average molecular weight is 431 g/mol. The summed E-state index contributed by atoms with van der Waals surface area (Å²) in [4.78, 5) is 13.3. The number of halogens is 5. The predicted octanol–water partition coefficient (Wildman–Crippen LogP) is 2.37. The van der Waals surface area contributed by atoms with Crippen molar-refractivity contribution in [3.05, 3.63) is 34.3 Å². The van der Waals surface area contributed by atoms with Crippen molar-refractivity contribution < 1.29 is 18.0 Å². The average Bonchev–Trinajstić information content (AvgIpc) is 2.47. The molecule has 1 fully saturated rings. The molecule has 1 saturated heterocycles. The lowest BCUT2D eigenvalue weighted by atomic mass is 10.1. The largest absolute Gasteiger partial charge is 0.405 e. The molecule has 0 aromatic heterocycles. The molecule has 0 bridgehead atoms. The topological polar surface area (TPSA) is 44.4 Å². The fourth-order valence-corrected chi connectivity index (χ4v) is 3.00. The summed E-state index contributed by atoms with van der Waals surface area (Å²) < 4.78 is 40.5. The molecule has 0 spiro atoms. The summed E-state index contributed by atoms with van der Waals surface area (Å²) in [5.41, 5.74) is 0.752. The normalized spacial score (nSPS) is 17.0. The third-order valence-corrected chi connectivity index (χ3v) is 4.21. The third-order valence-electron chi connectivity index (χ3n) is 3.72. The van der Waals surface area contributed by atoms with Crippen LogP contribution in [0.1, 0.15) is 5.56 Å². The van der Waals surface area contributed by atoms with Crippen molar-refractivity contribution in [2.45, 2.75) is 18.6 Å². The predicted molar refractivity (Wildman–Crippen MR) is 92.4 cm³/mol. The van der Waals surface area contributed by atoms with Crippen LogP contribution in [0.2, 0.25) is 0 Å². The number of hydrogen-bond acceptors (Lipinski definition) is 3. The van der Waals surface area contributed by atoms with E-state index in [0.717, 1.165) is 10.0 Å². The second kappa shape index (κ2) is 9.60. The first kappa shape index (κ1) is 21.2. The van der Waals surface area contributed by atoms with Crippen LogP contribution >= 0.6 is 28.3 Å². The number of hydrogen-bond donors (Lipinski definition) is 2. The first-order valence-electron chi connectivity index (χ1n) is 7.39. The maximum absolute atomic E-state index is 13.2. The van der Waals surface area contributed by atoms with Crippen molar-refractivity contribution in [3.63, 3.8) is 0 Å². The van der Waals surface area contributed by atoms with Gasteiger partial charge in [-0.1, -0.05) is 28.1 Å². The molecule has 1 aliphatic rings. The zero-order chi connectivity index (χ0) is 16.9. The van der Waals surface area contributed by atoms with E-state index in [1.807, 2.05) is 6.07 Å². The van der Waals surface area contributed by atoms with Crippen LogP contribution < -0.4 is 10.6 Å². The fourth-order valence-electron chi connectivity index (χ4n) is 2.55. The van der Waals surface area contributed by atoms with Gasteiger partial charge in [-0.05, 0) is 17.7 Å². The molecule has 1 heterocycles. The summed E-state index contributed by atoms with van der Waals surface area (Å²) in [7, 11) is 0. The summed E-state index contributed by atoms with van der Waals surface area (Å²) in [6.07, 6.45) is -4.30. The summed E-state index contributed by atoms with van der Waals surface area (Å²) in [5, 5.41) is 5.44. The second-order valence-electron chi connectivity index (χ2n) is 5.45. The van der Waals surface area contributed by atoms with Crippen molar-refractivity contribution in [1.29, 1.82) is 0 Å². The van der Waals surface area contributed by atoms with Gasteiger partial charge in [0, 0.05) is 37.2 Å². The lowest BCUT2D eigenvalue weighted by Gasteiger charge is -2.35. The van der Waals surface area contributed by atoms with E-state index in [1.165, 1.54) is 4.90 Å². The van der Waals surface area contributed by atoms with E-state index in [9.17, 15) is 18.0 Å². The summed E-state index contributed by atoms with van der Waals surface area (Å²) >= 11 is 3.30. The Morgan fingerprint density at radius 3 is 2.58 bits per heavy atom. The van der Waals surface area contributed by atoms with Crippen molar-refractivity contribution in [3.8, 4) is 0 Å². The summed E-state index contributed by atoms with van der Waals surface area (Å²) in [6.45, 7) is 1.28. The van der Waals surface area contributed by atoms with Crippen molar-refractivity contribution in [1.82, 2.24) is 15.5 Å². The number of benzene rings is 1. The van der Waals surface area contributed by atoms with Gasteiger partial charge in [0.25, 0.3) is 0 Å². The number of nitrogens with one attached hydrogen (secondary N) is 2. The van der Waals surface area contributed by atoms with Gasteiger partial charge >= 0.3 is 6.18 Å². The Hall–Kier alpha value is -0.830. The summed E-state index contributed by atoms with van der Waals surface area (Å²) in [6, 6.07) is 5.51. The molecule has 2 rings (SSSR count). The fraction of sp³-hybridized carbons (Fsp3) is 0.533. The Morgan fingerprint density at radius 2 is 2.00 bits per heavy atom.